The summed E-state index contributed by atoms with van der Waals surface area (Å²) in [6.07, 6.45) is 0.698. The lowest BCUT2D eigenvalue weighted by Crippen LogP contribution is -2.39. The summed E-state index contributed by atoms with van der Waals surface area (Å²) in [6.45, 7) is 3.50. The van der Waals surface area contributed by atoms with Crippen LogP contribution in [0, 0.1) is 0 Å². The number of nitrogens with zero attached hydrogens (tertiary/aromatic N) is 1. The molecular weight excluding hydrogens is 476 g/mol. The van der Waals surface area contributed by atoms with Crippen LogP contribution >= 0.6 is 0 Å². The van der Waals surface area contributed by atoms with Crippen molar-refractivity contribution in [3.05, 3.63) is 42.0 Å². The Labute approximate surface area is 204 Å². The van der Waals surface area contributed by atoms with Crippen molar-refractivity contribution < 1.29 is 37.0 Å². The third-order valence-corrected chi connectivity index (χ3v) is 7.50. The van der Waals surface area contributed by atoms with Crippen LogP contribution in [0.3, 0.4) is 0 Å². The van der Waals surface area contributed by atoms with Crippen LogP contribution in [0.5, 0.6) is 17.2 Å². The first-order chi connectivity index (χ1) is 16.6. The van der Waals surface area contributed by atoms with Crippen molar-refractivity contribution in [1.82, 2.24) is 0 Å². The first-order valence-corrected chi connectivity index (χ1v) is 12.7. The maximum Gasteiger partial charge on any atom is 0.265 e. The van der Waals surface area contributed by atoms with Crippen LogP contribution in [0.25, 0.3) is 0 Å². The SMILES string of the molecule is CCCN1C(=O)COc2ccc(C(=O)C(C)S(=O)(=O)CC(=O)Nc3ccc(OC)c(OC)c3)cc21. The van der Waals surface area contributed by atoms with Crippen molar-refractivity contribution in [2.45, 2.75) is 25.5 Å². The smallest absolute Gasteiger partial charge is 0.265 e. The number of Topliss-reactive ketones (excluding diaryl/α,β-unsaturated/α-hetero) is 1. The number of benzene rings is 2. The molecule has 1 atom stereocenters. The Bertz CT molecular complexity index is 1240. The molecule has 11 heteroatoms. The highest BCUT2D eigenvalue weighted by Gasteiger charge is 2.33. The second-order valence-electron chi connectivity index (χ2n) is 7.95. The van der Waals surface area contributed by atoms with E-state index in [-0.39, 0.29) is 18.1 Å². The van der Waals surface area contributed by atoms with Gasteiger partial charge in [0.1, 0.15) is 16.8 Å². The summed E-state index contributed by atoms with van der Waals surface area (Å²) in [6, 6.07) is 9.06. The predicted molar refractivity (Wildman–Crippen MR) is 130 cm³/mol. The molecule has 1 aliphatic heterocycles. The van der Waals surface area contributed by atoms with Gasteiger partial charge < -0.3 is 24.4 Å². The molecule has 1 N–H and O–H groups in total. The maximum atomic E-state index is 13.0. The third kappa shape index (κ3) is 5.73. The number of ketones is 1. The first kappa shape index (κ1) is 26.0. The molecule has 0 saturated carbocycles. The molecule has 0 aliphatic carbocycles. The molecule has 3 rings (SSSR count). The maximum absolute atomic E-state index is 13.0. The van der Waals surface area contributed by atoms with E-state index in [4.69, 9.17) is 14.2 Å². The van der Waals surface area contributed by atoms with Gasteiger partial charge in [-0.3, -0.25) is 14.4 Å². The Balaban J connectivity index is 1.75. The van der Waals surface area contributed by atoms with Crippen LogP contribution in [0.2, 0.25) is 0 Å². The van der Waals surface area contributed by atoms with Crippen LogP contribution in [-0.4, -0.2) is 64.4 Å². The number of carbonyl (C=O) groups is 3. The van der Waals surface area contributed by atoms with E-state index in [2.05, 4.69) is 5.32 Å². The van der Waals surface area contributed by atoms with Gasteiger partial charge in [0.05, 0.1) is 19.9 Å². The fourth-order valence-corrected chi connectivity index (χ4v) is 4.79. The van der Waals surface area contributed by atoms with Gasteiger partial charge in [-0.25, -0.2) is 8.42 Å². The lowest BCUT2D eigenvalue weighted by atomic mass is 10.1. The minimum atomic E-state index is -4.14. The van der Waals surface area contributed by atoms with Gasteiger partial charge in [-0.2, -0.15) is 0 Å². The van der Waals surface area contributed by atoms with Gasteiger partial charge in [0.2, 0.25) is 5.91 Å². The number of ether oxygens (including phenoxy) is 3. The Morgan fingerprint density at radius 3 is 2.49 bits per heavy atom. The van der Waals surface area contributed by atoms with E-state index < -0.39 is 32.5 Å². The van der Waals surface area contributed by atoms with Crippen molar-refractivity contribution in [2.75, 3.05) is 43.3 Å². The minimum absolute atomic E-state index is 0.0970. The van der Waals surface area contributed by atoms with Crippen molar-refractivity contribution in [3.8, 4) is 17.2 Å². The van der Waals surface area contributed by atoms with Crippen LogP contribution in [0.15, 0.2) is 36.4 Å². The number of hydrogen-bond donors (Lipinski definition) is 1. The van der Waals surface area contributed by atoms with Gasteiger partial charge >= 0.3 is 0 Å². The summed E-state index contributed by atoms with van der Waals surface area (Å²) < 4.78 is 41.5. The Kier molecular flexibility index (Phi) is 8.00. The number of sulfone groups is 1. The van der Waals surface area contributed by atoms with Crippen LogP contribution in [0.1, 0.15) is 30.6 Å². The predicted octanol–water partition coefficient (Wildman–Crippen LogP) is 2.46. The van der Waals surface area contributed by atoms with Gasteiger partial charge in [0.25, 0.3) is 5.91 Å². The first-order valence-electron chi connectivity index (χ1n) is 11.0. The van der Waals surface area contributed by atoms with Crippen molar-refractivity contribution in [2.24, 2.45) is 0 Å². The highest BCUT2D eigenvalue weighted by Crippen LogP contribution is 2.34. The van der Waals surface area contributed by atoms with Crippen LogP contribution in [-0.2, 0) is 19.4 Å². The van der Waals surface area contributed by atoms with Gasteiger partial charge in [0, 0.05) is 23.9 Å². The molecule has 0 saturated heterocycles. The Morgan fingerprint density at radius 1 is 1.11 bits per heavy atom. The van der Waals surface area contributed by atoms with Crippen molar-refractivity contribution >= 4 is 38.8 Å². The average Bonchev–Trinajstić information content (AvgIpc) is 2.84. The van der Waals surface area contributed by atoms with E-state index in [0.717, 1.165) is 0 Å². The van der Waals surface area contributed by atoms with Crippen molar-refractivity contribution in [1.29, 1.82) is 0 Å². The molecule has 0 fully saturated rings. The normalized spacial score (nSPS) is 13.9. The summed E-state index contributed by atoms with van der Waals surface area (Å²) in [5.41, 5.74) is 0.849. The molecule has 0 bridgehead atoms. The molecular formula is C24H28N2O8S. The number of anilines is 2. The highest BCUT2D eigenvalue weighted by atomic mass is 32.2. The standard InChI is InChI=1S/C24H28N2O8S/c1-5-10-26-18-11-16(6-8-19(18)34-13-23(26)28)24(29)15(2)35(30,31)14-22(27)25-17-7-9-20(32-3)21(12-17)33-4/h6-9,11-12,15H,5,10,13-14H2,1-4H3,(H,25,27). The second-order valence-corrected chi connectivity index (χ2v) is 10.3. The van der Waals surface area contributed by atoms with Crippen LogP contribution in [0.4, 0.5) is 11.4 Å². The summed E-state index contributed by atoms with van der Waals surface area (Å²) in [7, 11) is -1.24. The number of rotatable bonds is 10. The average molecular weight is 505 g/mol. The monoisotopic (exact) mass is 504 g/mol. The lowest BCUT2D eigenvalue weighted by Gasteiger charge is -2.29. The summed E-state index contributed by atoms with van der Waals surface area (Å²) in [4.78, 5) is 39.2. The molecule has 1 aliphatic rings. The zero-order chi connectivity index (χ0) is 25.8. The zero-order valence-corrected chi connectivity index (χ0v) is 20.8. The molecule has 35 heavy (non-hydrogen) atoms. The van der Waals surface area contributed by atoms with E-state index >= 15 is 0 Å². The second kappa shape index (κ2) is 10.8. The molecule has 0 aromatic heterocycles. The zero-order valence-electron chi connectivity index (χ0n) is 20.0. The van der Waals surface area contributed by atoms with Gasteiger partial charge in [-0.05, 0) is 43.7 Å². The number of hydrogen-bond acceptors (Lipinski definition) is 8. The fourth-order valence-electron chi connectivity index (χ4n) is 3.64. The highest BCUT2D eigenvalue weighted by molar-refractivity contribution is 7.93. The Morgan fingerprint density at radius 2 is 1.83 bits per heavy atom. The van der Waals surface area contributed by atoms with E-state index in [0.29, 0.717) is 41.6 Å². The number of carbonyl (C=O) groups excluding carboxylic acids is 3. The molecule has 1 unspecified atom stereocenters. The van der Waals surface area contributed by atoms with Crippen LogP contribution < -0.4 is 24.4 Å². The third-order valence-electron chi connectivity index (χ3n) is 5.54. The number of nitrogens with one attached hydrogen (secondary N) is 1. The molecule has 1 heterocycles. The summed E-state index contributed by atoms with van der Waals surface area (Å²) >= 11 is 0. The number of fused-ring (bicyclic) bond motifs is 1. The van der Waals surface area contributed by atoms with Gasteiger partial charge in [0.15, 0.2) is 33.7 Å². The summed E-state index contributed by atoms with van der Waals surface area (Å²) in [5.74, 6) is -1.34. The molecule has 2 amide bonds. The quantitative estimate of drug-likeness (QED) is 0.489. The number of amides is 2. The van der Waals surface area contributed by atoms with E-state index in [1.165, 1.54) is 44.2 Å². The largest absolute Gasteiger partial charge is 0.493 e. The van der Waals surface area contributed by atoms with Gasteiger partial charge in [-0.1, -0.05) is 6.92 Å². The molecule has 2 aromatic rings. The lowest BCUT2D eigenvalue weighted by molar-refractivity contribution is -0.121. The minimum Gasteiger partial charge on any atom is -0.493 e. The molecule has 0 spiro atoms. The number of methoxy groups -OCH3 is 2. The van der Waals surface area contributed by atoms with E-state index in [1.807, 2.05) is 6.92 Å². The fraction of sp³-hybridized carbons (Fsp3) is 0.375. The molecule has 188 valence electrons. The molecule has 0 radical (unpaired) electrons. The van der Waals surface area contributed by atoms with E-state index in [1.54, 1.807) is 18.2 Å². The van der Waals surface area contributed by atoms with Gasteiger partial charge in [-0.15, -0.1) is 0 Å². The summed E-state index contributed by atoms with van der Waals surface area (Å²) in [5, 5.41) is 1.02. The molecule has 10 nitrogen and oxygen atoms in total. The molecule has 2 aromatic carbocycles. The topological polar surface area (TPSA) is 128 Å². The van der Waals surface area contributed by atoms with E-state index in [9.17, 15) is 22.8 Å². The Hall–Kier alpha value is -3.60. The van der Waals surface area contributed by atoms with Crippen molar-refractivity contribution in [3.63, 3.8) is 0 Å².